The lowest BCUT2D eigenvalue weighted by Crippen LogP contribution is -2.20. The van der Waals surface area contributed by atoms with Gasteiger partial charge in [-0.3, -0.25) is 4.57 Å². The number of hydrogen-bond acceptors (Lipinski definition) is 2. The first-order valence-electron chi connectivity index (χ1n) is 4.54. The molecule has 0 radical (unpaired) electrons. The standard InChI is InChI=1S/C9H13NO2/c1-2-8-7-5-3-4-6-10(7)9(11)12-8/h2-6H2,1H3. The molecule has 1 aliphatic heterocycles. The van der Waals surface area contributed by atoms with Gasteiger partial charge in [-0.05, 0) is 19.3 Å². The molecule has 0 atom stereocenters. The second kappa shape index (κ2) is 2.81. The zero-order valence-corrected chi connectivity index (χ0v) is 7.30. The van der Waals surface area contributed by atoms with E-state index in [-0.39, 0.29) is 5.76 Å². The summed E-state index contributed by atoms with van der Waals surface area (Å²) in [6, 6.07) is 0. The van der Waals surface area contributed by atoms with Crippen LogP contribution in [0.1, 0.15) is 31.2 Å². The first-order valence-corrected chi connectivity index (χ1v) is 4.54. The molecule has 1 aromatic rings. The number of aromatic nitrogens is 1. The van der Waals surface area contributed by atoms with Crippen molar-refractivity contribution < 1.29 is 4.42 Å². The maximum absolute atomic E-state index is 11.2. The lowest BCUT2D eigenvalue weighted by Gasteiger charge is -2.12. The second-order valence-electron chi connectivity index (χ2n) is 3.20. The molecule has 3 heteroatoms. The van der Waals surface area contributed by atoms with Gasteiger partial charge in [-0.2, -0.15) is 0 Å². The highest BCUT2D eigenvalue weighted by molar-refractivity contribution is 5.11. The van der Waals surface area contributed by atoms with E-state index in [0.29, 0.717) is 0 Å². The quantitative estimate of drug-likeness (QED) is 0.632. The predicted octanol–water partition coefficient (Wildman–Crippen LogP) is 1.34. The highest BCUT2D eigenvalue weighted by atomic mass is 16.4. The Hall–Kier alpha value is -0.990. The van der Waals surface area contributed by atoms with Gasteiger partial charge in [0.1, 0.15) is 5.76 Å². The van der Waals surface area contributed by atoms with Crippen molar-refractivity contribution >= 4 is 0 Å². The molecule has 0 aromatic carbocycles. The third-order valence-electron chi connectivity index (χ3n) is 2.44. The van der Waals surface area contributed by atoms with E-state index in [0.717, 1.165) is 37.3 Å². The Bertz CT molecular complexity index is 335. The first-order chi connectivity index (χ1) is 5.83. The van der Waals surface area contributed by atoms with Crippen LogP contribution in [0.4, 0.5) is 0 Å². The van der Waals surface area contributed by atoms with Crippen molar-refractivity contribution in [3.05, 3.63) is 22.0 Å². The number of fused-ring (bicyclic) bond motifs is 1. The molecule has 0 spiro atoms. The van der Waals surface area contributed by atoms with E-state index < -0.39 is 0 Å². The Labute approximate surface area is 71.0 Å². The van der Waals surface area contributed by atoms with Crippen LogP contribution < -0.4 is 5.76 Å². The fourth-order valence-electron chi connectivity index (χ4n) is 1.82. The van der Waals surface area contributed by atoms with Crippen LogP contribution in [0.25, 0.3) is 0 Å². The molecule has 0 saturated heterocycles. The first kappa shape index (κ1) is 7.65. The van der Waals surface area contributed by atoms with Crippen LogP contribution in [0.5, 0.6) is 0 Å². The van der Waals surface area contributed by atoms with Crippen molar-refractivity contribution in [2.75, 3.05) is 0 Å². The van der Waals surface area contributed by atoms with Gasteiger partial charge in [0.05, 0.1) is 5.69 Å². The summed E-state index contributed by atoms with van der Waals surface area (Å²) in [7, 11) is 0. The molecule has 1 aromatic heterocycles. The largest absolute Gasteiger partial charge is 0.419 e. The second-order valence-corrected chi connectivity index (χ2v) is 3.20. The van der Waals surface area contributed by atoms with E-state index in [2.05, 4.69) is 0 Å². The number of oxazole rings is 1. The summed E-state index contributed by atoms with van der Waals surface area (Å²) in [5.74, 6) is 0.723. The van der Waals surface area contributed by atoms with Crippen LogP contribution >= 0.6 is 0 Å². The third-order valence-corrected chi connectivity index (χ3v) is 2.44. The van der Waals surface area contributed by atoms with E-state index in [1.54, 1.807) is 4.57 Å². The molecule has 3 nitrogen and oxygen atoms in total. The average molecular weight is 167 g/mol. The van der Waals surface area contributed by atoms with Gasteiger partial charge in [-0.1, -0.05) is 6.92 Å². The molecule has 1 aliphatic rings. The predicted molar refractivity (Wildman–Crippen MR) is 45.3 cm³/mol. The summed E-state index contributed by atoms with van der Waals surface area (Å²) < 4.78 is 6.90. The summed E-state index contributed by atoms with van der Waals surface area (Å²) in [6.45, 7) is 2.87. The normalized spacial score (nSPS) is 16.1. The lowest BCUT2D eigenvalue weighted by molar-refractivity contribution is 0.441. The monoisotopic (exact) mass is 167 g/mol. The van der Waals surface area contributed by atoms with Gasteiger partial charge in [0.15, 0.2) is 0 Å². The minimum Gasteiger partial charge on any atom is -0.413 e. The van der Waals surface area contributed by atoms with Crippen LogP contribution in [0.15, 0.2) is 9.21 Å². The highest BCUT2D eigenvalue weighted by Crippen LogP contribution is 2.17. The Balaban J connectivity index is 2.54. The Morgan fingerprint density at radius 1 is 1.50 bits per heavy atom. The Morgan fingerprint density at radius 2 is 2.33 bits per heavy atom. The van der Waals surface area contributed by atoms with Crippen molar-refractivity contribution in [1.29, 1.82) is 0 Å². The number of aryl methyl sites for hydroxylation is 1. The molecular formula is C9H13NO2. The van der Waals surface area contributed by atoms with Crippen LogP contribution in [0, 0.1) is 0 Å². The van der Waals surface area contributed by atoms with E-state index in [1.165, 1.54) is 6.42 Å². The van der Waals surface area contributed by atoms with E-state index in [1.807, 2.05) is 6.92 Å². The maximum Gasteiger partial charge on any atom is 0.419 e. The van der Waals surface area contributed by atoms with Crippen molar-refractivity contribution in [2.45, 2.75) is 39.2 Å². The summed E-state index contributed by atoms with van der Waals surface area (Å²) in [5.41, 5.74) is 1.13. The Morgan fingerprint density at radius 3 is 3.08 bits per heavy atom. The van der Waals surface area contributed by atoms with Gasteiger partial charge >= 0.3 is 5.76 Å². The third kappa shape index (κ3) is 1.00. The zero-order chi connectivity index (χ0) is 8.55. The summed E-state index contributed by atoms with van der Waals surface area (Å²) >= 11 is 0. The van der Waals surface area contributed by atoms with Gasteiger partial charge in [-0.15, -0.1) is 0 Å². The molecule has 2 heterocycles. The van der Waals surface area contributed by atoms with E-state index in [9.17, 15) is 4.79 Å². The molecule has 2 rings (SSSR count). The minimum absolute atomic E-state index is 0.165. The van der Waals surface area contributed by atoms with Gasteiger partial charge in [0, 0.05) is 13.0 Å². The van der Waals surface area contributed by atoms with Gasteiger partial charge < -0.3 is 4.42 Å². The number of rotatable bonds is 1. The maximum atomic E-state index is 11.2. The van der Waals surface area contributed by atoms with Crippen LogP contribution in [0.3, 0.4) is 0 Å². The average Bonchev–Trinajstić information content (AvgIpc) is 2.44. The molecular weight excluding hydrogens is 154 g/mol. The molecule has 12 heavy (non-hydrogen) atoms. The van der Waals surface area contributed by atoms with E-state index in [4.69, 9.17) is 4.42 Å². The molecule has 0 aliphatic carbocycles. The molecule has 0 N–H and O–H groups in total. The van der Waals surface area contributed by atoms with Crippen molar-refractivity contribution in [1.82, 2.24) is 4.57 Å². The van der Waals surface area contributed by atoms with Crippen LogP contribution in [-0.2, 0) is 19.4 Å². The van der Waals surface area contributed by atoms with Gasteiger partial charge in [-0.25, -0.2) is 4.79 Å². The summed E-state index contributed by atoms with van der Waals surface area (Å²) in [5, 5.41) is 0. The van der Waals surface area contributed by atoms with Gasteiger partial charge in [0.2, 0.25) is 0 Å². The fourth-order valence-corrected chi connectivity index (χ4v) is 1.82. The van der Waals surface area contributed by atoms with Crippen LogP contribution in [0.2, 0.25) is 0 Å². The SMILES string of the molecule is CCc1oc(=O)n2c1CCCC2. The molecule has 0 unspecified atom stereocenters. The summed E-state index contributed by atoms with van der Waals surface area (Å²) in [6.07, 6.45) is 4.13. The van der Waals surface area contributed by atoms with Crippen molar-refractivity contribution in [3.63, 3.8) is 0 Å². The topological polar surface area (TPSA) is 35.1 Å². The summed E-state index contributed by atoms with van der Waals surface area (Å²) in [4.78, 5) is 11.2. The molecule has 0 saturated carbocycles. The molecule has 0 bridgehead atoms. The lowest BCUT2D eigenvalue weighted by atomic mass is 10.1. The minimum atomic E-state index is -0.165. The Kier molecular flexibility index (Phi) is 1.79. The smallest absolute Gasteiger partial charge is 0.413 e. The number of nitrogens with zero attached hydrogens (tertiary/aromatic N) is 1. The molecule has 66 valence electrons. The van der Waals surface area contributed by atoms with Crippen molar-refractivity contribution in [2.24, 2.45) is 0 Å². The van der Waals surface area contributed by atoms with E-state index >= 15 is 0 Å². The molecule has 0 amide bonds. The zero-order valence-electron chi connectivity index (χ0n) is 7.30. The van der Waals surface area contributed by atoms with Gasteiger partial charge in [0.25, 0.3) is 0 Å². The molecule has 0 fully saturated rings. The van der Waals surface area contributed by atoms with Crippen LogP contribution in [-0.4, -0.2) is 4.57 Å². The highest BCUT2D eigenvalue weighted by Gasteiger charge is 2.17. The fraction of sp³-hybridized carbons (Fsp3) is 0.667. The van der Waals surface area contributed by atoms with Crippen molar-refractivity contribution in [3.8, 4) is 0 Å². The number of hydrogen-bond donors (Lipinski definition) is 0.